The molecule has 1 heterocycles. The fourth-order valence-corrected chi connectivity index (χ4v) is 6.94. The summed E-state index contributed by atoms with van der Waals surface area (Å²) in [5.41, 5.74) is 1.34. The summed E-state index contributed by atoms with van der Waals surface area (Å²) >= 11 is 0. The molecule has 15 nitrogen and oxygen atoms in total. The Bertz CT molecular complexity index is 2140. The third-order valence-electron chi connectivity index (χ3n) is 10.1. The van der Waals surface area contributed by atoms with E-state index >= 15 is 0 Å². The Hall–Kier alpha value is -6.48. The number of ether oxygens (including phenoxy) is 3. The second-order valence-electron chi connectivity index (χ2n) is 16.5. The van der Waals surface area contributed by atoms with Gasteiger partial charge >= 0.3 is 11.9 Å². The van der Waals surface area contributed by atoms with E-state index in [0.717, 1.165) is 30.4 Å². The molecule has 1 aromatic heterocycles. The summed E-state index contributed by atoms with van der Waals surface area (Å²) in [4.78, 5) is 85.1. The van der Waals surface area contributed by atoms with E-state index in [1.54, 1.807) is 39.8 Å². The number of carbonyl (C=O) groups excluding carboxylic acids is 6. The first-order valence-corrected chi connectivity index (χ1v) is 22.3. The van der Waals surface area contributed by atoms with Gasteiger partial charge in [0, 0.05) is 17.5 Å². The maximum Gasteiger partial charge on any atom is 0.329 e. The van der Waals surface area contributed by atoms with Crippen LogP contribution in [0.2, 0.25) is 0 Å². The topological polar surface area (TPSA) is 192 Å². The average Bonchev–Trinajstić information content (AvgIpc) is 3.79. The molecule has 4 rings (SSSR count). The van der Waals surface area contributed by atoms with Crippen molar-refractivity contribution in [3.63, 3.8) is 0 Å². The quantitative estimate of drug-likeness (QED) is 0.0172. The van der Waals surface area contributed by atoms with Gasteiger partial charge in [0.2, 0.25) is 12.3 Å². The summed E-state index contributed by atoms with van der Waals surface area (Å²) in [5, 5.41) is 9.46. The molecule has 3 N–H and O–H groups in total. The minimum absolute atomic E-state index is 0.0593. The molecule has 0 bridgehead atoms. The molecule has 0 unspecified atom stereocenters. The number of nitrogens with one attached hydrogen (secondary N) is 3. The van der Waals surface area contributed by atoms with Gasteiger partial charge in [-0.3, -0.25) is 28.8 Å². The van der Waals surface area contributed by atoms with E-state index in [1.165, 1.54) is 23.3 Å². The third-order valence-corrected chi connectivity index (χ3v) is 10.1. The standard InChI is InChI=1S/C50H64N4O11/c1-7-10-13-23-40(42(18-8-2)54(34-55)63-32-36-21-16-12-17-22-36)47(58)51-33-52-48(59)44-26-25-43(64-44)37-28-38(30-39(29-37)61-9-3)46(57)53-41(49(60)65-50(4,5)6)24-27-45(56)62-31-35-19-14-11-15-20-35/h11-12,14-17,19-22,25-26,28-30,34,40-42H,7-10,13,18,23-24,27,31-33H2,1-6H3,(H,51,58)(H,52,59)(H,53,57)/t40-,41+,42-/m1/s1. The molecule has 0 spiro atoms. The van der Waals surface area contributed by atoms with Crippen LogP contribution in [0.5, 0.6) is 5.75 Å². The van der Waals surface area contributed by atoms with Crippen molar-refractivity contribution < 1.29 is 52.2 Å². The Morgan fingerprint density at radius 3 is 2.09 bits per heavy atom. The molecule has 0 aliphatic carbocycles. The Morgan fingerprint density at radius 2 is 1.46 bits per heavy atom. The predicted molar refractivity (Wildman–Crippen MR) is 244 cm³/mol. The number of amides is 4. The molecule has 3 atom stereocenters. The second kappa shape index (κ2) is 26.3. The largest absolute Gasteiger partial charge is 0.494 e. The minimum atomic E-state index is -1.19. The predicted octanol–water partition coefficient (Wildman–Crippen LogP) is 8.07. The number of esters is 2. The number of hydroxylamine groups is 2. The van der Waals surface area contributed by atoms with E-state index in [-0.39, 0.29) is 62.3 Å². The average molecular weight is 897 g/mol. The number of rotatable bonds is 27. The van der Waals surface area contributed by atoms with Crippen LogP contribution >= 0.6 is 0 Å². The van der Waals surface area contributed by atoms with Gasteiger partial charge in [0.15, 0.2) is 5.76 Å². The Labute approximate surface area is 381 Å². The highest BCUT2D eigenvalue weighted by Crippen LogP contribution is 2.29. The molecule has 0 aliphatic rings. The summed E-state index contributed by atoms with van der Waals surface area (Å²) in [6.07, 6.45) is 4.76. The van der Waals surface area contributed by atoms with Crippen molar-refractivity contribution in [1.29, 1.82) is 0 Å². The highest BCUT2D eigenvalue weighted by atomic mass is 16.7. The van der Waals surface area contributed by atoms with Gasteiger partial charge in [0.25, 0.3) is 11.8 Å². The van der Waals surface area contributed by atoms with Gasteiger partial charge in [-0.15, -0.1) is 0 Å². The Morgan fingerprint density at radius 1 is 0.769 bits per heavy atom. The Kier molecular flexibility index (Phi) is 20.7. The van der Waals surface area contributed by atoms with Crippen LogP contribution in [0.3, 0.4) is 0 Å². The van der Waals surface area contributed by atoms with Crippen molar-refractivity contribution >= 4 is 36.1 Å². The zero-order valence-corrected chi connectivity index (χ0v) is 38.4. The van der Waals surface area contributed by atoms with Gasteiger partial charge in [-0.25, -0.2) is 9.86 Å². The normalized spacial score (nSPS) is 12.5. The molecule has 0 saturated carbocycles. The summed E-state index contributed by atoms with van der Waals surface area (Å²) in [5.74, 6) is -2.93. The first-order valence-electron chi connectivity index (χ1n) is 22.3. The molecular weight excluding hydrogens is 833 g/mol. The van der Waals surface area contributed by atoms with Crippen LogP contribution in [0, 0.1) is 5.92 Å². The zero-order valence-electron chi connectivity index (χ0n) is 38.4. The monoisotopic (exact) mass is 896 g/mol. The van der Waals surface area contributed by atoms with E-state index in [1.807, 2.05) is 67.6 Å². The van der Waals surface area contributed by atoms with Crippen LogP contribution in [0.4, 0.5) is 0 Å². The molecule has 0 saturated heterocycles. The van der Waals surface area contributed by atoms with Crippen LogP contribution in [0.15, 0.2) is 95.4 Å². The fourth-order valence-electron chi connectivity index (χ4n) is 6.94. The van der Waals surface area contributed by atoms with Crippen LogP contribution in [-0.2, 0) is 46.7 Å². The van der Waals surface area contributed by atoms with E-state index < -0.39 is 47.4 Å². The number of benzene rings is 3. The number of nitrogens with zero attached hydrogens (tertiary/aromatic N) is 1. The zero-order chi connectivity index (χ0) is 47.2. The maximum absolute atomic E-state index is 13.8. The highest BCUT2D eigenvalue weighted by Gasteiger charge is 2.33. The lowest BCUT2D eigenvalue weighted by Gasteiger charge is -2.33. The number of furan rings is 1. The number of hydrogen-bond donors (Lipinski definition) is 3. The van der Waals surface area contributed by atoms with Crippen molar-refractivity contribution in [1.82, 2.24) is 21.0 Å². The lowest BCUT2D eigenvalue weighted by molar-refractivity contribution is -0.201. The molecule has 65 heavy (non-hydrogen) atoms. The van der Waals surface area contributed by atoms with Gasteiger partial charge in [-0.2, -0.15) is 0 Å². The maximum atomic E-state index is 13.8. The van der Waals surface area contributed by atoms with Gasteiger partial charge < -0.3 is 34.6 Å². The second-order valence-corrected chi connectivity index (χ2v) is 16.5. The van der Waals surface area contributed by atoms with Crippen molar-refractivity contribution in [2.75, 3.05) is 13.3 Å². The van der Waals surface area contributed by atoms with Crippen molar-refractivity contribution in [3.8, 4) is 17.1 Å². The first-order chi connectivity index (χ1) is 31.2. The van der Waals surface area contributed by atoms with E-state index in [2.05, 4.69) is 22.9 Å². The fraction of sp³-hybridized carbons (Fsp3) is 0.440. The van der Waals surface area contributed by atoms with Gasteiger partial charge in [-0.05, 0) is 88.4 Å². The number of unbranched alkanes of at least 4 members (excludes halogenated alkanes) is 2. The molecule has 0 aliphatic heterocycles. The highest BCUT2D eigenvalue weighted by molar-refractivity contribution is 5.98. The van der Waals surface area contributed by atoms with Crippen LogP contribution in [-0.4, -0.2) is 72.1 Å². The minimum Gasteiger partial charge on any atom is -0.494 e. The SMILES string of the molecule is CCCCC[C@@H](C(=O)NCNC(=O)c1ccc(-c2cc(OCC)cc(C(=O)N[C@@H](CCC(=O)OCc3ccccc3)C(=O)OC(C)(C)C)c2)o1)[C@@H](CCC)N(C=O)OCc1ccccc1. The van der Waals surface area contributed by atoms with E-state index in [0.29, 0.717) is 37.0 Å². The van der Waals surface area contributed by atoms with Gasteiger partial charge in [-0.1, -0.05) is 100 Å². The summed E-state index contributed by atoms with van der Waals surface area (Å²) in [7, 11) is 0. The van der Waals surface area contributed by atoms with Crippen molar-refractivity contribution in [2.45, 2.75) is 124 Å². The summed E-state index contributed by atoms with van der Waals surface area (Å²) in [6.45, 7) is 11.2. The molecule has 15 heteroatoms. The lowest BCUT2D eigenvalue weighted by atomic mass is 9.89. The molecule has 350 valence electrons. The smallest absolute Gasteiger partial charge is 0.329 e. The molecular formula is C50H64N4O11. The molecule has 4 amide bonds. The van der Waals surface area contributed by atoms with Crippen LogP contribution in [0.25, 0.3) is 11.3 Å². The lowest BCUT2D eigenvalue weighted by Crippen LogP contribution is -2.48. The summed E-state index contributed by atoms with van der Waals surface area (Å²) < 4.78 is 22.7. The van der Waals surface area contributed by atoms with E-state index in [9.17, 15) is 28.8 Å². The molecule has 0 fully saturated rings. The number of carbonyl (C=O) groups is 6. The Balaban J connectivity index is 1.44. The number of hydrogen-bond acceptors (Lipinski definition) is 11. The summed E-state index contributed by atoms with van der Waals surface area (Å²) in [6, 6.07) is 24.6. The first kappa shape index (κ1) is 51.2. The molecule has 3 aromatic carbocycles. The van der Waals surface area contributed by atoms with Crippen LogP contribution < -0.4 is 20.7 Å². The molecule has 4 aromatic rings. The van der Waals surface area contributed by atoms with Crippen molar-refractivity contribution in [3.05, 3.63) is 113 Å². The van der Waals surface area contributed by atoms with Crippen LogP contribution in [0.1, 0.15) is 125 Å². The van der Waals surface area contributed by atoms with Crippen molar-refractivity contribution in [2.24, 2.45) is 5.92 Å². The van der Waals surface area contributed by atoms with Gasteiger partial charge in [0.1, 0.15) is 36.4 Å². The molecule has 0 radical (unpaired) electrons. The third kappa shape index (κ3) is 17.2. The van der Waals surface area contributed by atoms with Gasteiger partial charge in [0.05, 0.1) is 25.2 Å². The van der Waals surface area contributed by atoms with E-state index in [4.69, 9.17) is 23.5 Å².